The van der Waals surface area contributed by atoms with Crippen LogP contribution in [0.1, 0.15) is 26.0 Å². The van der Waals surface area contributed by atoms with Gasteiger partial charge in [0.15, 0.2) is 0 Å². The molecule has 34 heavy (non-hydrogen) atoms. The minimum atomic E-state index is -0.549. The second-order valence-corrected chi connectivity index (χ2v) is 8.96. The van der Waals surface area contributed by atoms with Crippen molar-refractivity contribution < 1.29 is 9.59 Å². The third kappa shape index (κ3) is 4.96. The van der Waals surface area contributed by atoms with Gasteiger partial charge in [-0.3, -0.25) is 20.0 Å². The van der Waals surface area contributed by atoms with Crippen molar-refractivity contribution in [2.75, 3.05) is 38.5 Å². The maximum atomic E-state index is 13.0. The van der Waals surface area contributed by atoms with Gasteiger partial charge >= 0.3 is 0 Å². The third-order valence-corrected chi connectivity index (χ3v) is 6.46. The fourth-order valence-corrected chi connectivity index (χ4v) is 4.02. The molecule has 0 aliphatic carbocycles. The zero-order valence-electron chi connectivity index (χ0n) is 19.7. The molecule has 1 saturated heterocycles. The van der Waals surface area contributed by atoms with Crippen LogP contribution in [0.15, 0.2) is 29.4 Å². The summed E-state index contributed by atoms with van der Waals surface area (Å²) in [6.07, 6.45) is 5.64. The molecular weight excluding hydrogens is 432 g/mol. The molecule has 0 spiro atoms. The van der Waals surface area contributed by atoms with Crippen molar-refractivity contribution in [3.8, 4) is 0 Å². The van der Waals surface area contributed by atoms with Gasteiger partial charge in [-0.25, -0.2) is 4.98 Å². The third-order valence-electron chi connectivity index (χ3n) is 6.46. The van der Waals surface area contributed by atoms with Crippen LogP contribution in [0.2, 0.25) is 0 Å². The fourth-order valence-electron chi connectivity index (χ4n) is 4.02. The zero-order valence-corrected chi connectivity index (χ0v) is 19.7. The quantitative estimate of drug-likeness (QED) is 0.488. The average molecular weight is 463 g/mol. The molecule has 2 aromatic rings. The number of nitrogens with one attached hydrogen (secondary N) is 4. The molecule has 1 fully saturated rings. The van der Waals surface area contributed by atoms with E-state index in [0.29, 0.717) is 17.8 Å². The summed E-state index contributed by atoms with van der Waals surface area (Å²) in [5.41, 5.74) is 3.07. The summed E-state index contributed by atoms with van der Waals surface area (Å²) in [6, 6.07) is 3.30. The molecule has 4 heterocycles. The number of fused-ring (bicyclic) bond motifs is 1. The lowest BCUT2D eigenvalue weighted by molar-refractivity contribution is -0.134. The highest BCUT2D eigenvalue weighted by Crippen LogP contribution is 2.28. The number of allylic oxidation sites excluding steroid dienone is 1. The van der Waals surface area contributed by atoms with Crippen molar-refractivity contribution in [1.29, 1.82) is 10.8 Å². The number of aliphatic imine (C=N–C) groups is 1. The minimum Gasteiger partial charge on any atom is -0.339 e. The van der Waals surface area contributed by atoms with Gasteiger partial charge in [0, 0.05) is 61.5 Å². The van der Waals surface area contributed by atoms with E-state index in [9.17, 15) is 9.59 Å². The number of rotatable bonds is 6. The molecule has 10 heteroatoms. The molecule has 2 aromatic heterocycles. The molecule has 4 N–H and O–H groups in total. The number of nitrogens with zero attached hydrogens (tertiary/aromatic N) is 4. The second kappa shape index (κ2) is 9.68. The predicted octanol–water partition coefficient (Wildman–Crippen LogP) is 2.20. The normalized spacial score (nSPS) is 19.6. The topological polar surface area (TPSA) is 141 Å². The standard InChI is InChI=1S/C24H30N8O2/c1-14(15(2)25)21(26)23(33)29-18-10-17-12-19(30-22(17)28-13-18)16-4-5-27-20(11-16)24(34)32-8-6-31(3)7-9-32/h4-5,10,12-14,20,25-26H,6-9,11H2,1-3H3,(H,28,30)(H,29,33). The molecule has 178 valence electrons. The number of aromatic nitrogens is 2. The lowest BCUT2D eigenvalue weighted by atomic mass is 9.99. The highest BCUT2D eigenvalue weighted by molar-refractivity contribution is 6.45. The Morgan fingerprint density at radius 2 is 1.94 bits per heavy atom. The van der Waals surface area contributed by atoms with Crippen LogP contribution >= 0.6 is 0 Å². The number of hydrogen-bond acceptors (Lipinski definition) is 7. The number of H-pyrrole nitrogens is 1. The Balaban J connectivity index is 1.45. The monoisotopic (exact) mass is 462 g/mol. The Kier molecular flexibility index (Phi) is 6.69. The molecule has 4 rings (SSSR count). The Morgan fingerprint density at radius 1 is 1.21 bits per heavy atom. The first-order chi connectivity index (χ1) is 16.2. The number of piperazine rings is 1. The van der Waals surface area contributed by atoms with Crippen LogP contribution < -0.4 is 5.32 Å². The Labute approximate surface area is 198 Å². The molecular formula is C24H30N8O2. The van der Waals surface area contributed by atoms with Crippen molar-refractivity contribution in [3.05, 3.63) is 30.1 Å². The Bertz CT molecular complexity index is 1200. The van der Waals surface area contributed by atoms with Gasteiger partial charge in [0.05, 0.1) is 11.9 Å². The summed E-state index contributed by atoms with van der Waals surface area (Å²) in [4.78, 5) is 41.6. The lowest BCUT2D eigenvalue weighted by Crippen LogP contribution is -2.50. The van der Waals surface area contributed by atoms with Gasteiger partial charge in [-0.2, -0.15) is 0 Å². The summed E-state index contributed by atoms with van der Waals surface area (Å²) < 4.78 is 0. The van der Waals surface area contributed by atoms with Gasteiger partial charge in [-0.05, 0) is 37.8 Å². The van der Waals surface area contributed by atoms with Crippen molar-refractivity contribution in [2.24, 2.45) is 10.9 Å². The number of carbonyl (C=O) groups is 2. The van der Waals surface area contributed by atoms with E-state index in [0.717, 1.165) is 42.8 Å². The first-order valence-electron chi connectivity index (χ1n) is 11.4. The molecule has 0 aromatic carbocycles. The molecule has 2 aliphatic heterocycles. The van der Waals surface area contributed by atoms with Crippen molar-refractivity contribution >= 4 is 51.7 Å². The molecule has 2 aliphatic rings. The van der Waals surface area contributed by atoms with E-state index in [2.05, 4.69) is 32.2 Å². The van der Waals surface area contributed by atoms with E-state index in [-0.39, 0.29) is 17.3 Å². The predicted molar refractivity (Wildman–Crippen MR) is 134 cm³/mol. The number of carbonyl (C=O) groups excluding carboxylic acids is 2. The number of dihydropyridines is 1. The molecule has 0 saturated carbocycles. The molecule has 10 nitrogen and oxygen atoms in total. The SMILES string of the molecule is CC(=N)C(C)C(=N)C(=O)Nc1cnc2[nH]c(C3=CC=NC(C(=O)N4CCN(C)CC4)C3)cc2c1. The van der Waals surface area contributed by atoms with E-state index < -0.39 is 17.9 Å². The van der Waals surface area contributed by atoms with E-state index in [1.165, 1.54) is 6.20 Å². The summed E-state index contributed by atoms with van der Waals surface area (Å²) in [7, 11) is 2.06. The molecule has 0 bridgehead atoms. The van der Waals surface area contributed by atoms with Gasteiger partial charge in [-0.15, -0.1) is 0 Å². The smallest absolute Gasteiger partial charge is 0.270 e. The van der Waals surface area contributed by atoms with Gasteiger partial charge in [0.25, 0.3) is 5.91 Å². The van der Waals surface area contributed by atoms with E-state index in [1.54, 1.807) is 26.1 Å². The van der Waals surface area contributed by atoms with Gasteiger partial charge in [0.2, 0.25) is 5.91 Å². The number of likely N-dealkylation sites (N-methyl/N-ethyl adjacent to an activating group) is 1. The first-order valence-corrected chi connectivity index (χ1v) is 11.4. The molecule has 2 atom stereocenters. The van der Waals surface area contributed by atoms with E-state index >= 15 is 0 Å². The van der Waals surface area contributed by atoms with Crippen LogP contribution in [-0.2, 0) is 9.59 Å². The Morgan fingerprint density at radius 3 is 2.65 bits per heavy atom. The van der Waals surface area contributed by atoms with Gasteiger partial charge in [-0.1, -0.05) is 6.92 Å². The number of aromatic amines is 1. The van der Waals surface area contributed by atoms with Crippen molar-refractivity contribution in [3.63, 3.8) is 0 Å². The van der Waals surface area contributed by atoms with E-state index in [4.69, 9.17) is 10.8 Å². The maximum Gasteiger partial charge on any atom is 0.270 e. The number of hydrogen-bond donors (Lipinski definition) is 4. The highest BCUT2D eigenvalue weighted by Gasteiger charge is 2.28. The molecule has 2 amide bonds. The lowest BCUT2D eigenvalue weighted by Gasteiger charge is -2.34. The van der Waals surface area contributed by atoms with Crippen LogP contribution in [-0.4, -0.2) is 88.5 Å². The first kappa shape index (κ1) is 23.5. The summed E-state index contributed by atoms with van der Waals surface area (Å²) in [5.74, 6) is -1.03. The van der Waals surface area contributed by atoms with E-state index in [1.807, 2.05) is 17.0 Å². The Hall–Kier alpha value is -3.66. The van der Waals surface area contributed by atoms with Crippen molar-refractivity contribution in [2.45, 2.75) is 26.3 Å². The number of pyridine rings is 1. The average Bonchev–Trinajstić information content (AvgIpc) is 3.26. The fraction of sp³-hybridized carbons (Fsp3) is 0.417. The largest absolute Gasteiger partial charge is 0.339 e. The molecule has 2 unspecified atom stereocenters. The van der Waals surface area contributed by atoms with Crippen LogP contribution in [0.5, 0.6) is 0 Å². The van der Waals surface area contributed by atoms with Crippen LogP contribution in [0.3, 0.4) is 0 Å². The summed E-state index contributed by atoms with van der Waals surface area (Å²) in [5, 5.41) is 19.1. The maximum absolute atomic E-state index is 13.0. The minimum absolute atomic E-state index is 0.0611. The zero-order chi connectivity index (χ0) is 24.4. The van der Waals surface area contributed by atoms with Gasteiger partial charge in [0.1, 0.15) is 17.4 Å². The van der Waals surface area contributed by atoms with Crippen molar-refractivity contribution in [1.82, 2.24) is 19.8 Å². The van der Waals surface area contributed by atoms with Crippen LogP contribution in [0, 0.1) is 16.7 Å². The summed E-state index contributed by atoms with van der Waals surface area (Å²) >= 11 is 0. The van der Waals surface area contributed by atoms with Crippen LogP contribution in [0.25, 0.3) is 16.6 Å². The van der Waals surface area contributed by atoms with Crippen LogP contribution in [0.4, 0.5) is 5.69 Å². The number of anilines is 1. The second-order valence-electron chi connectivity index (χ2n) is 8.96. The highest BCUT2D eigenvalue weighted by atomic mass is 16.2. The number of amides is 2. The van der Waals surface area contributed by atoms with Gasteiger partial charge < -0.3 is 25.5 Å². The summed E-state index contributed by atoms with van der Waals surface area (Å²) in [6.45, 7) is 6.43. The molecule has 0 radical (unpaired) electrons.